The molecule has 2 rings (SSSR count). The van der Waals surface area contributed by atoms with Crippen molar-refractivity contribution in [1.82, 2.24) is 14.5 Å². The molecular formula is C11H17N3O5S. The number of nitrogens with zero attached hydrogens (tertiary/aromatic N) is 2. The van der Waals surface area contributed by atoms with Gasteiger partial charge in [-0.1, -0.05) is 0 Å². The zero-order chi connectivity index (χ0) is 14.9. The number of aliphatic carboxylic acids is 1. The van der Waals surface area contributed by atoms with Gasteiger partial charge in [0.2, 0.25) is 0 Å². The van der Waals surface area contributed by atoms with E-state index in [1.54, 1.807) is 6.92 Å². The van der Waals surface area contributed by atoms with E-state index in [1.165, 1.54) is 17.9 Å². The number of carboxylic acids is 1. The molecule has 0 aliphatic carbocycles. The summed E-state index contributed by atoms with van der Waals surface area (Å²) in [5, 5.41) is 13.1. The lowest BCUT2D eigenvalue weighted by Gasteiger charge is -2.19. The Kier molecular flexibility index (Phi) is 4.11. The normalized spacial score (nSPS) is 21.0. The zero-order valence-corrected chi connectivity index (χ0v) is 12.1. The molecule has 112 valence electrons. The van der Waals surface area contributed by atoms with Gasteiger partial charge in [-0.2, -0.15) is 9.82 Å². The summed E-state index contributed by atoms with van der Waals surface area (Å²) < 4.78 is 33.2. The summed E-state index contributed by atoms with van der Waals surface area (Å²) in [5.41, 5.74) is 0.465. The van der Waals surface area contributed by atoms with Crippen molar-refractivity contribution in [3.05, 3.63) is 11.8 Å². The molecule has 1 aliphatic heterocycles. The molecule has 1 aromatic heterocycles. The summed E-state index contributed by atoms with van der Waals surface area (Å²) in [4.78, 5) is 11.3. The summed E-state index contributed by atoms with van der Waals surface area (Å²) in [7, 11) is -2.45. The largest absolute Gasteiger partial charge is 0.480 e. The van der Waals surface area contributed by atoms with Crippen LogP contribution in [0.25, 0.3) is 0 Å². The van der Waals surface area contributed by atoms with E-state index in [0.717, 1.165) is 0 Å². The first kappa shape index (κ1) is 14.9. The van der Waals surface area contributed by atoms with Crippen LogP contribution in [0.1, 0.15) is 12.0 Å². The predicted molar refractivity (Wildman–Crippen MR) is 68.6 cm³/mol. The summed E-state index contributed by atoms with van der Waals surface area (Å²) >= 11 is 0. The Hall–Kier alpha value is -1.45. The van der Waals surface area contributed by atoms with Crippen molar-refractivity contribution in [2.24, 2.45) is 13.0 Å². The van der Waals surface area contributed by atoms with Crippen LogP contribution in [0.2, 0.25) is 0 Å². The maximum atomic E-state index is 12.3. The number of aromatic nitrogens is 2. The molecule has 8 nitrogen and oxygen atoms in total. The fourth-order valence-electron chi connectivity index (χ4n) is 2.31. The van der Waals surface area contributed by atoms with Gasteiger partial charge in [-0.3, -0.25) is 9.48 Å². The first-order valence-corrected chi connectivity index (χ1v) is 7.62. The van der Waals surface area contributed by atoms with Crippen molar-refractivity contribution < 1.29 is 23.1 Å². The van der Waals surface area contributed by atoms with Crippen LogP contribution in [-0.2, 0) is 26.6 Å². The number of hydrogen-bond donors (Lipinski definition) is 2. The fourth-order valence-corrected chi connectivity index (χ4v) is 3.92. The highest BCUT2D eigenvalue weighted by molar-refractivity contribution is 7.89. The summed E-state index contributed by atoms with van der Waals surface area (Å²) in [6.45, 7) is 2.29. The van der Waals surface area contributed by atoms with Gasteiger partial charge in [-0.05, 0) is 13.3 Å². The van der Waals surface area contributed by atoms with Gasteiger partial charge in [-0.15, -0.1) is 0 Å². The van der Waals surface area contributed by atoms with Gasteiger partial charge in [0.25, 0.3) is 10.0 Å². The monoisotopic (exact) mass is 303 g/mol. The third-order valence-electron chi connectivity index (χ3n) is 3.29. The molecule has 2 N–H and O–H groups in total. The number of carboxylic acid groups (broad SMARTS) is 1. The third kappa shape index (κ3) is 2.84. The van der Waals surface area contributed by atoms with Crippen molar-refractivity contribution >= 4 is 16.0 Å². The molecular weight excluding hydrogens is 286 g/mol. The Labute approximate surface area is 116 Å². The van der Waals surface area contributed by atoms with Crippen LogP contribution in [0, 0.1) is 12.8 Å². The number of hydrogen-bond acceptors (Lipinski definition) is 5. The molecule has 1 saturated heterocycles. The van der Waals surface area contributed by atoms with Gasteiger partial charge in [0.05, 0.1) is 12.8 Å². The number of carbonyl (C=O) groups is 1. The summed E-state index contributed by atoms with van der Waals surface area (Å²) in [6, 6.07) is -1.20. The molecule has 0 spiro atoms. The van der Waals surface area contributed by atoms with Crippen LogP contribution in [0.15, 0.2) is 11.2 Å². The van der Waals surface area contributed by atoms with Crippen LogP contribution in [0.3, 0.4) is 0 Å². The van der Waals surface area contributed by atoms with E-state index >= 15 is 0 Å². The second-order valence-electron chi connectivity index (χ2n) is 4.82. The van der Waals surface area contributed by atoms with Crippen molar-refractivity contribution in [3.63, 3.8) is 0 Å². The van der Waals surface area contributed by atoms with Crippen molar-refractivity contribution in [2.45, 2.75) is 24.4 Å². The highest BCUT2D eigenvalue weighted by Crippen LogP contribution is 2.20. The predicted octanol–water partition coefficient (Wildman–Crippen LogP) is -0.503. The number of sulfonamides is 1. The summed E-state index contributed by atoms with van der Waals surface area (Å²) in [6.07, 6.45) is 1.94. The molecule has 1 aliphatic rings. The Morgan fingerprint density at radius 3 is 2.80 bits per heavy atom. The highest BCUT2D eigenvalue weighted by Gasteiger charge is 2.36. The quantitative estimate of drug-likeness (QED) is 0.758. The number of nitrogens with one attached hydrogen (secondary N) is 1. The highest BCUT2D eigenvalue weighted by atomic mass is 32.2. The lowest BCUT2D eigenvalue weighted by Crippen LogP contribution is -2.46. The molecule has 2 unspecified atom stereocenters. The second-order valence-corrected chi connectivity index (χ2v) is 6.45. The molecule has 2 heterocycles. The Morgan fingerprint density at radius 1 is 1.65 bits per heavy atom. The Morgan fingerprint density at radius 2 is 2.35 bits per heavy atom. The Bertz CT molecular complexity index is 584. The maximum absolute atomic E-state index is 12.3. The first-order valence-electron chi connectivity index (χ1n) is 6.14. The van der Waals surface area contributed by atoms with E-state index in [4.69, 9.17) is 4.74 Å². The smallest absolute Gasteiger partial charge is 0.322 e. The van der Waals surface area contributed by atoms with Crippen LogP contribution < -0.4 is 4.72 Å². The number of aryl methyl sites for hydroxylation is 2. The minimum absolute atomic E-state index is 0.0253. The van der Waals surface area contributed by atoms with Crippen LogP contribution in [-0.4, -0.2) is 48.5 Å². The SMILES string of the molecule is Cc1cnn(C)c1S(=O)(=O)NC(C(=O)O)C1CCOC1. The topological polar surface area (TPSA) is 111 Å². The van der Waals surface area contributed by atoms with Gasteiger partial charge in [-0.25, -0.2) is 8.42 Å². The molecule has 20 heavy (non-hydrogen) atoms. The van der Waals surface area contributed by atoms with Crippen molar-refractivity contribution in [1.29, 1.82) is 0 Å². The van der Waals surface area contributed by atoms with E-state index in [9.17, 15) is 18.3 Å². The van der Waals surface area contributed by atoms with Crippen molar-refractivity contribution in [2.75, 3.05) is 13.2 Å². The van der Waals surface area contributed by atoms with Gasteiger partial charge in [0.15, 0.2) is 5.03 Å². The molecule has 0 amide bonds. The lowest BCUT2D eigenvalue weighted by atomic mass is 10.0. The number of rotatable bonds is 5. The van der Waals surface area contributed by atoms with E-state index in [-0.39, 0.29) is 17.6 Å². The minimum atomic E-state index is -3.95. The van der Waals surface area contributed by atoms with Gasteiger partial charge in [0, 0.05) is 25.1 Å². The molecule has 1 aromatic rings. The standard InChI is InChI=1S/C11H17N3O5S/c1-7-5-12-14(2)10(7)20(17,18)13-9(11(15)16)8-3-4-19-6-8/h5,8-9,13H,3-4,6H2,1-2H3,(H,15,16). The Balaban J connectivity index is 2.28. The van der Waals surface area contributed by atoms with E-state index in [1.807, 2.05) is 0 Å². The van der Waals surface area contributed by atoms with Crippen molar-refractivity contribution in [3.8, 4) is 0 Å². The van der Waals surface area contributed by atoms with E-state index < -0.39 is 22.0 Å². The third-order valence-corrected chi connectivity index (χ3v) is 4.95. The average molecular weight is 303 g/mol. The zero-order valence-electron chi connectivity index (χ0n) is 11.2. The molecule has 0 radical (unpaired) electrons. The molecule has 0 aromatic carbocycles. The van der Waals surface area contributed by atoms with Gasteiger partial charge >= 0.3 is 5.97 Å². The van der Waals surface area contributed by atoms with Gasteiger partial charge < -0.3 is 9.84 Å². The molecule has 0 saturated carbocycles. The molecule has 9 heteroatoms. The van der Waals surface area contributed by atoms with Gasteiger partial charge in [0.1, 0.15) is 6.04 Å². The average Bonchev–Trinajstić information content (AvgIpc) is 2.96. The van der Waals surface area contributed by atoms with Crippen LogP contribution in [0.5, 0.6) is 0 Å². The maximum Gasteiger partial charge on any atom is 0.322 e. The molecule has 0 bridgehead atoms. The van der Waals surface area contributed by atoms with Crippen LogP contribution in [0.4, 0.5) is 0 Å². The molecule has 1 fully saturated rings. The van der Waals surface area contributed by atoms with E-state index in [0.29, 0.717) is 18.6 Å². The second kappa shape index (κ2) is 5.51. The molecule has 2 atom stereocenters. The first-order chi connectivity index (χ1) is 9.33. The lowest BCUT2D eigenvalue weighted by molar-refractivity contribution is -0.140. The fraction of sp³-hybridized carbons (Fsp3) is 0.636. The minimum Gasteiger partial charge on any atom is -0.480 e. The van der Waals surface area contributed by atoms with E-state index in [2.05, 4.69) is 9.82 Å². The van der Waals surface area contributed by atoms with Crippen LogP contribution >= 0.6 is 0 Å². The number of ether oxygens (including phenoxy) is 1. The summed E-state index contributed by atoms with van der Waals surface area (Å²) in [5.74, 6) is -1.57.